The van der Waals surface area contributed by atoms with Crippen LogP contribution in [0.5, 0.6) is 0 Å². The van der Waals surface area contributed by atoms with Gasteiger partial charge in [-0.2, -0.15) is 0 Å². The predicted octanol–water partition coefficient (Wildman–Crippen LogP) is 20.1. The summed E-state index contributed by atoms with van der Waals surface area (Å²) < 4.78 is 6.90. The Labute approximate surface area is 459 Å². The smallest absolute Gasteiger partial charge is 0.136 e. The lowest BCUT2D eigenvalue weighted by atomic mass is 9.72. The standard InChI is InChI=1S/C75H49N3O/c1-7-28-50(29-8-1)56-40-19-22-43-59(56)69-66(53-34-13-4-14-35-53)67(54-36-15-5-16-37-54)73(75-72(74(76-78-77-75)55-38-17-6-18-39-55)61-45-24-21-42-58(61)52-32-11-3-12-33-52)71(63-47-27-49-65-68(63)62-46-25-26-48-64(62)79-65)70(69)60-44-23-20-41-57(60)51-30-9-2-10-31-51/h1-49H. The van der Waals surface area contributed by atoms with Crippen molar-refractivity contribution in [1.82, 2.24) is 15.4 Å². The second-order valence-corrected chi connectivity index (χ2v) is 19.7. The van der Waals surface area contributed by atoms with E-state index >= 15 is 0 Å². The van der Waals surface area contributed by atoms with Crippen LogP contribution in [0.4, 0.5) is 0 Å². The lowest BCUT2D eigenvalue weighted by molar-refractivity contribution is 0.669. The van der Waals surface area contributed by atoms with Crippen LogP contribution in [-0.2, 0) is 0 Å². The van der Waals surface area contributed by atoms with Crippen LogP contribution in [0, 0.1) is 0 Å². The summed E-state index contributed by atoms with van der Waals surface area (Å²) in [5.74, 6) is 0. The van der Waals surface area contributed by atoms with Crippen LogP contribution in [0.1, 0.15) is 0 Å². The molecule has 0 bridgehead atoms. The molecular formula is C75H49N3O. The van der Waals surface area contributed by atoms with Crippen molar-refractivity contribution in [3.05, 3.63) is 297 Å². The first-order valence-electron chi connectivity index (χ1n) is 26.8. The Bertz CT molecular complexity index is 4500. The molecule has 0 aliphatic carbocycles. The summed E-state index contributed by atoms with van der Waals surface area (Å²) in [6.45, 7) is 0. The van der Waals surface area contributed by atoms with E-state index in [1.807, 2.05) is 12.1 Å². The van der Waals surface area contributed by atoms with Crippen molar-refractivity contribution in [3.8, 4) is 123 Å². The zero-order chi connectivity index (χ0) is 52.5. The Balaban J connectivity index is 1.31. The third-order valence-electron chi connectivity index (χ3n) is 15.2. The molecule has 0 saturated heterocycles. The predicted molar refractivity (Wildman–Crippen MR) is 327 cm³/mol. The van der Waals surface area contributed by atoms with Gasteiger partial charge in [-0.15, -0.1) is 10.2 Å². The van der Waals surface area contributed by atoms with E-state index in [9.17, 15) is 0 Å². The van der Waals surface area contributed by atoms with Gasteiger partial charge in [0.05, 0.1) is 0 Å². The van der Waals surface area contributed by atoms with Gasteiger partial charge in [0.1, 0.15) is 22.6 Å². The molecule has 12 aromatic carbocycles. The molecule has 14 rings (SSSR count). The second kappa shape index (κ2) is 20.5. The zero-order valence-corrected chi connectivity index (χ0v) is 43.0. The first kappa shape index (κ1) is 46.9. The summed E-state index contributed by atoms with van der Waals surface area (Å²) in [6, 6.07) is 106. The molecule has 0 spiro atoms. The van der Waals surface area contributed by atoms with Crippen LogP contribution < -0.4 is 0 Å². The van der Waals surface area contributed by atoms with Crippen molar-refractivity contribution < 1.29 is 4.42 Å². The quantitative estimate of drug-likeness (QED) is 0.130. The van der Waals surface area contributed by atoms with Crippen molar-refractivity contribution in [3.63, 3.8) is 0 Å². The molecule has 0 N–H and O–H groups in total. The van der Waals surface area contributed by atoms with Crippen LogP contribution in [0.3, 0.4) is 0 Å². The van der Waals surface area contributed by atoms with Crippen molar-refractivity contribution in [1.29, 1.82) is 0 Å². The molecule has 370 valence electrons. The second-order valence-electron chi connectivity index (χ2n) is 19.7. The first-order chi connectivity index (χ1) is 39.3. The van der Waals surface area contributed by atoms with E-state index in [0.29, 0.717) is 5.69 Å². The summed E-state index contributed by atoms with van der Waals surface area (Å²) in [5, 5.41) is 17.5. The van der Waals surface area contributed by atoms with Crippen molar-refractivity contribution in [2.75, 3.05) is 0 Å². The van der Waals surface area contributed by atoms with E-state index in [-0.39, 0.29) is 0 Å². The molecule has 0 amide bonds. The Morgan fingerprint density at radius 3 is 1.03 bits per heavy atom. The van der Waals surface area contributed by atoms with Crippen LogP contribution in [-0.4, -0.2) is 15.4 Å². The minimum Gasteiger partial charge on any atom is -0.456 e. The number of rotatable bonds is 11. The van der Waals surface area contributed by atoms with E-state index in [1.165, 1.54) is 0 Å². The number of benzene rings is 12. The molecule has 4 nitrogen and oxygen atoms in total. The molecule has 0 unspecified atom stereocenters. The summed E-state index contributed by atoms with van der Waals surface area (Å²) in [4.78, 5) is 0. The SMILES string of the molecule is c1ccc(-c2ccccc2-c2c(-c3ccccc3)nnnc2-c2c(-c3ccccc3)c(-c3ccccc3)c(-c3ccccc3-c3ccccc3)c(-c3ccccc3-c3ccccc3)c2-c2cccc3oc4ccccc4c23)cc1. The molecule has 0 atom stereocenters. The molecule has 0 radical (unpaired) electrons. The van der Waals surface area contributed by atoms with Gasteiger partial charge in [-0.1, -0.05) is 285 Å². The van der Waals surface area contributed by atoms with E-state index in [1.54, 1.807) is 0 Å². The lowest BCUT2D eigenvalue weighted by Gasteiger charge is -2.31. The number of hydrogen-bond acceptors (Lipinski definition) is 4. The number of aromatic nitrogens is 3. The fraction of sp³-hybridized carbons (Fsp3) is 0. The third kappa shape index (κ3) is 8.40. The molecular weight excluding hydrogens is 959 g/mol. The summed E-state index contributed by atoms with van der Waals surface area (Å²) in [5.41, 5.74) is 23.6. The van der Waals surface area contributed by atoms with Crippen molar-refractivity contribution >= 4 is 21.9 Å². The highest BCUT2D eigenvalue weighted by molar-refractivity contribution is 6.23. The van der Waals surface area contributed by atoms with Gasteiger partial charge >= 0.3 is 0 Å². The van der Waals surface area contributed by atoms with Gasteiger partial charge in [-0.3, -0.25) is 0 Å². The number of furan rings is 1. The Kier molecular flexibility index (Phi) is 12.2. The highest BCUT2D eigenvalue weighted by Crippen LogP contribution is 2.60. The maximum absolute atomic E-state index is 6.90. The fourth-order valence-electron chi connectivity index (χ4n) is 11.8. The molecule has 0 fully saturated rings. The Morgan fingerprint density at radius 2 is 0.532 bits per heavy atom. The number of fused-ring (bicyclic) bond motifs is 3. The highest BCUT2D eigenvalue weighted by Gasteiger charge is 2.35. The maximum Gasteiger partial charge on any atom is 0.136 e. The van der Waals surface area contributed by atoms with Crippen LogP contribution in [0.15, 0.2) is 302 Å². The Hall–Kier alpha value is -10.6. The van der Waals surface area contributed by atoms with Crippen LogP contribution in [0.2, 0.25) is 0 Å². The largest absolute Gasteiger partial charge is 0.456 e. The molecule has 2 heterocycles. The highest BCUT2D eigenvalue weighted by atomic mass is 16.3. The monoisotopic (exact) mass is 1010 g/mol. The number of hydrogen-bond donors (Lipinski definition) is 0. The average Bonchev–Trinajstić information content (AvgIpc) is 3.67. The molecule has 79 heavy (non-hydrogen) atoms. The van der Waals surface area contributed by atoms with Crippen LogP contribution in [0.25, 0.3) is 145 Å². The Morgan fingerprint density at radius 1 is 0.203 bits per heavy atom. The van der Waals surface area contributed by atoms with Gasteiger partial charge in [0, 0.05) is 38.6 Å². The minimum absolute atomic E-state index is 0.689. The van der Waals surface area contributed by atoms with E-state index < -0.39 is 0 Å². The summed E-state index contributed by atoms with van der Waals surface area (Å²) in [7, 11) is 0. The maximum atomic E-state index is 6.90. The van der Waals surface area contributed by atoms with Gasteiger partial charge in [0.25, 0.3) is 0 Å². The number of para-hydroxylation sites is 1. The molecule has 0 aliphatic heterocycles. The van der Waals surface area contributed by atoms with Crippen LogP contribution >= 0.6 is 0 Å². The van der Waals surface area contributed by atoms with Gasteiger partial charge in [-0.05, 0) is 101 Å². The van der Waals surface area contributed by atoms with Gasteiger partial charge in [0.15, 0.2) is 0 Å². The molecule has 14 aromatic rings. The molecule has 0 saturated carbocycles. The molecule has 2 aromatic heterocycles. The zero-order valence-electron chi connectivity index (χ0n) is 43.0. The molecule has 4 heteroatoms. The van der Waals surface area contributed by atoms with Gasteiger partial charge in [-0.25, -0.2) is 0 Å². The normalized spacial score (nSPS) is 11.3. The topological polar surface area (TPSA) is 51.8 Å². The lowest BCUT2D eigenvalue weighted by Crippen LogP contribution is -2.07. The fourth-order valence-corrected chi connectivity index (χ4v) is 11.8. The first-order valence-corrected chi connectivity index (χ1v) is 26.8. The van der Waals surface area contributed by atoms with Gasteiger partial charge < -0.3 is 4.42 Å². The average molecular weight is 1010 g/mol. The summed E-state index contributed by atoms with van der Waals surface area (Å²) >= 11 is 0. The van der Waals surface area contributed by atoms with Crippen molar-refractivity contribution in [2.45, 2.75) is 0 Å². The summed E-state index contributed by atoms with van der Waals surface area (Å²) in [6.07, 6.45) is 0. The molecule has 0 aliphatic rings. The van der Waals surface area contributed by atoms with E-state index in [0.717, 1.165) is 139 Å². The number of nitrogens with zero attached hydrogens (tertiary/aromatic N) is 3. The van der Waals surface area contributed by atoms with Gasteiger partial charge in [0.2, 0.25) is 0 Å². The third-order valence-corrected chi connectivity index (χ3v) is 15.2. The van der Waals surface area contributed by atoms with E-state index in [4.69, 9.17) is 19.8 Å². The van der Waals surface area contributed by atoms with E-state index in [2.05, 4.69) is 285 Å². The van der Waals surface area contributed by atoms with Crippen molar-refractivity contribution in [2.24, 2.45) is 0 Å². The minimum atomic E-state index is 0.689.